The summed E-state index contributed by atoms with van der Waals surface area (Å²) in [5.74, 6) is -0.182. The molecule has 0 aromatic carbocycles. The number of nitrogens with one attached hydrogen (secondary N) is 1. The number of carbonyl (C=O) groups excluding carboxylic acids is 1. The number of hydrogen-bond acceptors (Lipinski definition) is 6. The number of aliphatic hydroxyl groups is 1. The second-order valence-electron chi connectivity index (χ2n) is 3.05. The molecule has 0 spiro atoms. The van der Waals surface area contributed by atoms with Gasteiger partial charge in [-0.25, -0.2) is 0 Å². The van der Waals surface area contributed by atoms with E-state index in [9.17, 15) is 4.79 Å². The van der Waals surface area contributed by atoms with Crippen LogP contribution in [-0.2, 0) is 0 Å². The summed E-state index contributed by atoms with van der Waals surface area (Å²) < 4.78 is 0. The van der Waals surface area contributed by atoms with Crippen molar-refractivity contribution in [2.24, 2.45) is 0 Å². The minimum absolute atomic E-state index is 0.0432. The average molecular weight is 244 g/mol. The molecule has 0 saturated carbocycles. The summed E-state index contributed by atoms with van der Waals surface area (Å²) in [6.45, 7) is 5.39. The molecule has 0 radical (unpaired) electrons. The highest BCUT2D eigenvalue weighted by atomic mass is 32.1. The average Bonchev–Trinajstić information content (AvgIpc) is 2.74. The van der Waals surface area contributed by atoms with Crippen LogP contribution in [0, 0.1) is 0 Å². The molecule has 1 amide bonds. The first-order valence-electron chi connectivity index (χ1n) is 5.20. The zero-order valence-electron chi connectivity index (χ0n) is 9.43. The van der Waals surface area contributed by atoms with Crippen molar-refractivity contribution in [1.29, 1.82) is 0 Å². The van der Waals surface area contributed by atoms with E-state index in [1.807, 2.05) is 13.8 Å². The van der Waals surface area contributed by atoms with Gasteiger partial charge in [-0.05, 0) is 13.8 Å². The number of aliphatic hydroxyl groups excluding tert-OH is 1. The lowest BCUT2D eigenvalue weighted by molar-refractivity contribution is 0.0731. The number of rotatable bonds is 6. The van der Waals surface area contributed by atoms with Gasteiger partial charge in [0, 0.05) is 19.6 Å². The number of anilines is 1. The fraction of sp³-hybridized carbons (Fsp3) is 0.667. The van der Waals surface area contributed by atoms with Crippen LogP contribution in [0.4, 0.5) is 5.13 Å². The summed E-state index contributed by atoms with van der Waals surface area (Å²) in [5.41, 5.74) is 0. The molecular formula is C9H16N4O2S. The van der Waals surface area contributed by atoms with E-state index >= 15 is 0 Å². The van der Waals surface area contributed by atoms with Gasteiger partial charge in [0.05, 0.1) is 6.61 Å². The molecule has 0 aliphatic rings. The maximum absolute atomic E-state index is 11.9. The molecule has 16 heavy (non-hydrogen) atoms. The Bertz CT molecular complexity index is 342. The maximum Gasteiger partial charge on any atom is 0.284 e. The minimum atomic E-state index is -0.182. The Morgan fingerprint density at radius 3 is 2.81 bits per heavy atom. The zero-order chi connectivity index (χ0) is 12.0. The molecule has 1 aromatic heterocycles. The van der Waals surface area contributed by atoms with E-state index in [0.717, 1.165) is 6.54 Å². The van der Waals surface area contributed by atoms with Gasteiger partial charge >= 0.3 is 0 Å². The smallest absolute Gasteiger partial charge is 0.284 e. The molecule has 2 N–H and O–H groups in total. The molecule has 7 heteroatoms. The van der Waals surface area contributed by atoms with Gasteiger partial charge in [0.1, 0.15) is 0 Å². The van der Waals surface area contributed by atoms with Gasteiger partial charge in [-0.15, -0.1) is 10.2 Å². The van der Waals surface area contributed by atoms with Crippen molar-refractivity contribution in [3.8, 4) is 0 Å². The van der Waals surface area contributed by atoms with Crippen molar-refractivity contribution in [2.75, 3.05) is 31.6 Å². The normalized spacial score (nSPS) is 10.2. The second-order valence-corrected chi connectivity index (χ2v) is 4.03. The Kier molecular flexibility index (Phi) is 5.13. The third kappa shape index (κ3) is 3.14. The SMILES string of the molecule is CCNc1nnc(C(=O)N(CC)CCO)s1. The highest BCUT2D eigenvalue weighted by molar-refractivity contribution is 7.17. The van der Waals surface area contributed by atoms with Crippen molar-refractivity contribution < 1.29 is 9.90 Å². The first-order chi connectivity index (χ1) is 7.72. The van der Waals surface area contributed by atoms with Crippen molar-refractivity contribution in [2.45, 2.75) is 13.8 Å². The van der Waals surface area contributed by atoms with Crippen molar-refractivity contribution in [3.05, 3.63) is 5.01 Å². The minimum Gasteiger partial charge on any atom is -0.395 e. The lowest BCUT2D eigenvalue weighted by atomic mass is 10.4. The zero-order valence-corrected chi connectivity index (χ0v) is 10.3. The Morgan fingerprint density at radius 1 is 1.50 bits per heavy atom. The van der Waals surface area contributed by atoms with Gasteiger partial charge in [-0.3, -0.25) is 4.79 Å². The Labute approximate surface area is 98.3 Å². The molecule has 90 valence electrons. The lowest BCUT2D eigenvalue weighted by Gasteiger charge is -2.17. The van der Waals surface area contributed by atoms with Gasteiger partial charge in [0.15, 0.2) is 0 Å². The standard InChI is InChI=1S/C9H16N4O2S/c1-3-10-9-12-11-7(16-9)8(15)13(4-2)5-6-14/h14H,3-6H2,1-2H3,(H,10,12). The van der Waals surface area contributed by atoms with E-state index < -0.39 is 0 Å². The van der Waals surface area contributed by atoms with Crippen molar-refractivity contribution in [3.63, 3.8) is 0 Å². The topological polar surface area (TPSA) is 78.4 Å². The van der Waals surface area contributed by atoms with Crippen LogP contribution in [0.2, 0.25) is 0 Å². The monoisotopic (exact) mass is 244 g/mol. The van der Waals surface area contributed by atoms with Crippen LogP contribution in [0.3, 0.4) is 0 Å². The fourth-order valence-electron chi connectivity index (χ4n) is 1.19. The molecule has 0 bridgehead atoms. The van der Waals surface area contributed by atoms with Crippen molar-refractivity contribution >= 4 is 22.4 Å². The third-order valence-corrected chi connectivity index (χ3v) is 2.84. The summed E-state index contributed by atoms with van der Waals surface area (Å²) >= 11 is 1.23. The molecule has 1 rings (SSSR count). The predicted octanol–water partition coefficient (Wildman–Crippen LogP) is 0.424. The fourth-order valence-corrected chi connectivity index (χ4v) is 1.97. The van der Waals surface area contributed by atoms with Crippen LogP contribution in [-0.4, -0.2) is 52.4 Å². The van der Waals surface area contributed by atoms with Gasteiger partial charge in [0.25, 0.3) is 5.91 Å². The van der Waals surface area contributed by atoms with E-state index in [0.29, 0.717) is 23.2 Å². The Hall–Kier alpha value is -1.21. The second kappa shape index (κ2) is 6.39. The molecule has 0 aliphatic carbocycles. The first kappa shape index (κ1) is 12.9. The molecule has 6 nitrogen and oxygen atoms in total. The van der Waals surface area contributed by atoms with Gasteiger partial charge in [0.2, 0.25) is 10.1 Å². The van der Waals surface area contributed by atoms with Gasteiger partial charge in [-0.2, -0.15) is 0 Å². The van der Waals surface area contributed by atoms with Gasteiger partial charge in [-0.1, -0.05) is 11.3 Å². The Balaban J connectivity index is 2.70. The van der Waals surface area contributed by atoms with E-state index in [1.165, 1.54) is 16.2 Å². The molecule has 0 saturated heterocycles. The number of aromatic nitrogens is 2. The summed E-state index contributed by atoms with van der Waals surface area (Å²) in [6.07, 6.45) is 0. The van der Waals surface area contributed by atoms with Crippen molar-refractivity contribution in [1.82, 2.24) is 15.1 Å². The van der Waals surface area contributed by atoms with Crippen LogP contribution < -0.4 is 5.32 Å². The van der Waals surface area contributed by atoms with Gasteiger partial charge < -0.3 is 15.3 Å². The molecule has 0 atom stereocenters. The Morgan fingerprint density at radius 2 is 2.25 bits per heavy atom. The summed E-state index contributed by atoms with van der Waals surface area (Å²) in [7, 11) is 0. The third-order valence-electron chi connectivity index (χ3n) is 1.97. The summed E-state index contributed by atoms with van der Waals surface area (Å²) in [5, 5.41) is 20.5. The van der Waals surface area contributed by atoms with E-state index in [2.05, 4.69) is 15.5 Å². The number of carbonyl (C=O) groups is 1. The number of likely N-dealkylation sites (N-methyl/N-ethyl adjacent to an activating group) is 1. The summed E-state index contributed by atoms with van der Waals surface area (Å²) in [6, 6.07) is 0. The molecule has 1 aromatic rings. The van der Waals surface area contributed by atoms with Crippen LogP contribution in [0.5, 0.6) is 0 Å². The quantitative estimate of drug-likeness (QED) is 0.758. The highest BCUT2D eigenvalue weighted by Gasteiger charge is 2.18. The lowest BCUT2D eigenvalue weighted by Crippen LogP contribution is -2.33. The van der Waals surface area contributed by atoms with Crippen LogP contribution in [0.15, 0.2) is 0 Å². The maximum atomic E-state index is 11.9. The number of nitrogens with zero attached hydrogens (tertiary/aromatic N) is 3. The van der Waals surface area contributed by atoms with Crippen LogP contribution in [0.25, 0.3) is 0 Å². The predicted molar refractivity (Wildman–Crippen MR) is 62.7 cm³/mol. The van der Waals surface area contributed by atoms with Crippen LogP contribution in [0.1, 0.15) is 23.6 Å². The first-order valence-corrected chi connectivity index (χ1v) is 6.02. The number of hydrogen-bond donors (Lipinski definition) is 2. The molecular weight excluding hydrogens is 228 g/mol. The molecule has 0 unspecified atom stereocenters. The summed E-state index contributed by atoms with van der Waals surface area (Å²) in [4.78, 5) is 13.4. The number of amides is 1. The van der Waals surface area contributed by atoms with E-state index in [1.54, 1.807) is 0 Å². The highest BCUT2D eigenvalue weighted by Crippen LogP contribution is 2.16. The molecule has 0 aliphatic heterocycles. The van der Waals surface area contributed by atoms with E-state index in [-0.39, 0.29) is 12.5 Å². The largest absolute Gasteiger partial charge is 0.395 e. The molecule has 0 fully saturated rings. The van der Waals surface area contributed by atoms with Crippen LogP contribution >= 0.6 is 11.3 Å². The molecule has 1 heterocycles. The van der Waals surface area contributed by atoms with E-state index in [4.69, 9.17) is 5.11 Å².